The second-order valence-electron chi connectivity index (χ2n) is 9.99. The van der Waals surface area contributed by atoms with Crippen molar-refractivity contribution in [2.75, 3.05) is 17.4 Å². The third-order valence-electron chi connectivity index (χ3n) is 6.93. The van der Waals surface area contributed by atoms with Gasteiger partial charge in [-0.3, -0.25) is 13.9 Å². The van der Waals surface area contributed by atoms with Gasteiger partial charge in [0, 0.05) is 24.5 Å². The maximum absolute atomic E-state index is 15.2. The Balaban J connectivity index is 1.81. The minimum atomic E-state index is -4.40. The predicted molar refractivity (Wildman–Crippen MR) is 167 cm³/mol. The fourth-order valence-electron chi connectivity index (χ4n) is 4.66. The number of carbonyl (C=O) groups is 2. The number of sulfonamides is 1. The molecule has 1 unspecified atom stereocenters. The molecule has 0 aromatic heterocycles. The standard InChI is InChI=1S/C33H33ClFN3O4S/c1-3-36-33(40)31(21-25-11-5-4-6-12-25)37(22-26-13-7-8-14-28(26)34)32(39)23-38(30-16-10-9-15-29(30)35)43(41,42)27-19-17-24(2)18-20-27/h4-20,31H,3,21-23H2,1-2H3,(H,36,40). The summed E-state index contributed by atoms with van der Waals surface area (Å²) in [7, 11) is -4.40. The van der Waals surface area contributed by atoms with Crippen molar-refractivity contribution >= 4 is 39.1 Å². The van der Waals surface area contributed by atoms with Crippen LogP contribution < -0.4 is 9.62 Å². The van der Waals surface area contributed by atoms with Crippen molar-refractivity contribution in [1.29, 1.82) is 0 Å². The molecule has 0 aliphatic rings. The Bertz CT molecular complexity index is 1670. The predicted octanol–water partition coefficient (Wildman–Crippen LogP) is 5.76. The first-order chi connectivity index (χ1) is 20.6. The number of hydrogen-bond acceptors (Lipinski definition) is 4. The van der Waals surface area contributed by atoms with E-state index in [2.05, 4.69) is 5.32 Å². The number of para-hydroxylation sites is 1. The Morgan fingerprint density at radius 3 is 2.16 bits per heavy atom. The van der Waals surface area contributed by atoms with Gasteiger partial charge >= 0.3 is 0 Å². The van der Waals surface area contributed by atoms with Crippen LogP contribution in [0.4, 0.5) is 10.1 Å². The van der Waals surface area contributed by atoms with Crippen LogP contribution in [0.25, 0.3) is 0 Å². The topological polar surface area (TPSA) is 86.8 Å². The number of rotatable bonds is 12. The van der Waals surface area contributed by atoms with Crippen molar-refractivity contribution < 1.29 is 22.4 Å². The molecular weight excluding hydrogens is 589 g/mol. The summed E-state index contributed by atoms with van der Waals surface area (Å²) in [6.07, 6.45) is 0.160. The summed E-state index contributed by atoms with van der Waals surface area (Å²) in [6, 6.07) is 26.5. The monoisotopic (exact) mass is 621 g/mol. The minimum absolute atomic E-state index is 0.0805. The maximum atomic E-state index is 15.2. The van der Waals surface area contributed by atoms with Crippen LogP contribution in [0.2, 0.25) is 5.02 Å². The van der Waals surface area contributed by atoms with E-state index in [0.717, 1.165) is 21.5 Å². The molecule has 7 nitrogen and oxygen atoms in total. The molecule has 224 valence electrons. The second kappa shape index (κ2) is 14.3. The van der Waals surface area contributed by atoms with Crippen LogP contribution in [0.3, 0.4) is 0 Å². The van der Waals surface area contributed by atoms with Crippen LogP contribution in [0.15, 0.2) is 108 Å². The average Bonchev–Trinajstić information content (AvgIpc) is 2.99. The number of amides is 2. The number of likely N-dealkylation sites (N-methyl/N-ethyl adjacent to an activating group) is 1. The van der Waals surface area contributed by atoms with Gasteiger partial charge in [0.25, 0.3) is 10.0 Å². The molecule has 1 atom stereocenters. The van der Waals surface area contributed by atoms with Gasteiger partial charge in [-0.2, -0.15) is 0 Å². The number of nitrogens with one attached hydrogen (secondary N) is 1. The zero-order valence-corrected chi connectivity index (χ0v) is 25.5. The second-order valence-corrected chi connectivity index (χ2v) is 12.3. The van der Waals surface area contributed by atoms with E-state index in [1.165, 1.54) is 35.2 Å². The number of carbonyl (C=O) groups excluding carboxylic acids is 2. The highest BCUT2D eigenvalue weighted by Gasteiger charge is 2.35. The molecule has 0 spiro atoms. The van der Waals surface area contributed by atoms with Crippen LogP contribution >= 0.6 is 11.6 Å². The molecule has 0 aliphatic heterocycles. The summed E-state index contributed by atoms with van der Waals surface area (Å²) in [5, 5.41) is 3.18. The lowest BCUT2D eigenvalue weighted by Crippen LogP contribution is -2.53. The van der Waals surface area contributed by atoms with Gasteiger partial charge in [-0.25, -0.2) is 12.8 Å². The van der Waals surface area contributed by atoms with E-state index in [9.17, 15) is 18.0 Å². The molecule has 0 aliphatic carbocycles. The highest BCUT2D eigenvalue weighted by atomic mass is 35.5. The van der Waals surface area contributed by atoms with E-state index in [0.29, 0.717) is 17.1 Å². The summed E-state index contributed by atoms with van der Waals surface area (Å²) >= 11 is 6.47. The zero-order valence-electron chi connectivity index (χ0n) is 23.9. The van der Waals surface area contributed by atoms with Gasteiger partial charge in [0.15, 0.2) is 0 Å². The number of benzene rings is 4. The van der Waals surface area contributed by atoms with E-state index in [-0.39, 0.29) is 23.5 Å². The number of hydrogen-bond donors (Lipinski definition) is 1. The SMILES string of the molecule is CCNC(=O)C(Cc1ccccc1)N(Cc1ccccc1Cl)C(=O)CN(c1ccccc1F)S(=O)(=O)c1ccc(C)cc1. The van der Waals surface area contributed by atoms with E-state index in [1.54, 1.807) is 43.3 Å². The summed E-state index contributed by atoms with van der Waals surface area (Å²) < 4.78 is 43.8. The van der Waals surface area contributed by atoms with Gasteiger partial charge in [-0.1, -0.05) is 90.0 Å². The van der Waals surface area contributed by atoms with Crippen LogP contribution in [0, 0.1) is 12.7 Å². The van der Waals surface area contributed by atoms with E-state index in [1.807, 2.05) is 37.3 Å². The van der Waals surface area contributed by atoms with Crippen molar-refractivity contribution in [3.63, 3.8) is 0 Å². The molecule has 0 saturated heterocycles. The summed E-state index contributed by atoms with van der Waals surface area (Å²) in [6.45, 7) is 3.07. The quantitative estimate of drug-likeness (QED) is 0.218. The van der Waals surface area contributed by atoms with E-state index < -0.39 is 40.2 Å². The van der Waals surface area contributed by atoms with Gasteiger partial charge in [-0.15, -0.1) is 0 Å². The molecule has 10 heteroatoms. The molecule has 0 saturated carbocycles. The average molecular weight is 622 g/mol. The Morgan fingerprint density at radius 2 is 1.51 bits per heavy atom. The lowest BCUT2D eigenvalue weighted by molar-refractivity contribution is -0.140. The van der Waals surface area contributed by atoms with Crippen LogP contribution in [-0.2, 0) is 32.6 Å². The molecular formula is C33H33ClFN3O4S. The number of aryl methyl sites for hydroxylation is 1. The molecule has 0 fully saturated rings. The molecule has 1 N–H and O–H groups in total. The largest absolute Gasteiger partial charge is 0.355 e. The molecule has 4 rings (SSSR count). The summed E-state index contributed by atoms with van der Waals surface area (Å²) in [5.41, 5.74) is 1.92. The van der Waals surface area contributed by atoms with Crippen molar-refractivity contribution in [3.05, 3.63) is 131 Å². The first-order valence-electron chi connectivity index (χ1n) is 13.8. The smallest absolute Gasteiger partial charge is 0.264 e. The third-order valence-corrected chi connectivity index (χ3v) is 9.07. The molecule has 0 bridgehead atoms. The number of halogens is 2. The molecule has 4 aromatic carbocycles. The first kappa shape index (κ1) is 31.7. The Hall–Kier alpha value is -4.21. The molecule has 0 radical (unpaired) electrons. The van der Waals surface area contributed by atoms with Gasteiger partial charge in [-0.05, 0) is 55.3 Å². The fourth-order valence-corrected chi connectivity index (χ4v) is 6.28. The van der Waals surface area contributed by atoms with Gasteiger partial charge in [0.2, 0.25) is 11.8 Å². The zero-order chi connectivity index (χ0) is 31.0. The Morgan fingerprint density at radius 1 is 0.884 bits per heavy atom. The van der Waals surface area contributed by atoms with Crippen LogP contribution in [0.5, 0.6) is 0 Å². The normalized spacial score (nSPS) is 11.9. The molecule has 0 heterocycles. The van der Waals surface area contributed by atoms with Crippen molar-refractivity contribution in [2.45, 2.75) is 37.8 Å². The van der Waals surface area contributed by atoms with E-state index in [4.69, 9.17) is 11.6 Å². The summed E-state index contributed by atoms with van der Waals surface area (Å²) in [5.74, 6) is -1.93. The Kier molecular flexibility index (Phi) is 10.6. The van der Waals surface area contributed by atoms with Crippen LogP contribution in [0.1, 0.15) is 23.6 Å². The lowest BCUT2D eigenvalue weighted by Gasteiger charge is -2.34. The molecule has 43 heavy (non-hydrogen) atoms. The van der Waals surface area contributed by atoms with Crippen molar-refractivity contribution in [2.24, 2.45) is 0 Å². The molecule has 4 aromatic rings. The third kappa shape index (κ3) is 7.80. The highest BCUT2D eigenvalue weighted by Crippen LogP contribution is 2.28. The Labute approximate surface area is 257 Å². The van der Waals surface area contributed by atoms with E-state index >= 15 is 4.39 Å². The first-order valence-corrected chi connectivity index (χ1v) is 15.6. The van der Waals surface area contributed by atoms with Gasteiger partial charge in [0.1, 0.15) is 18.4 Å². The number of nitrogens with zero attached hydrogens (tertiary/aromatic N) is 2. The summed E-state index contributed by atoms with van der Waals surface area (Å²) in [4.78, 5) is 29.0. The minimum Gasteiger partial charge on any atom is -0.355 e. The van der Waals surface area contributed by atoms with Crippen molar-refractivity contribution in [1.82, 2.24) is 10.2 Å². The van der Waals surface area contributed by atoms with Crippen molar-refractivity contribution in [3.8, 4) is 0 Å². The van der Waals surface area contributed by atoms with Gasteiger partial charge < -0.3 is 10.2 Å². The van der Waals surface area contributed by atoms with Gasteiger partial charge in [0.05, 0.1) is 10.6 Å². The highest BCUT2D eigenvalue weighted by molar-refractivity contribution is 7.92. The lowest BCUT2D eigenvalue weighted by atomic mass is 10.0. The fraction of sp³-hybridized carbons (Fsp3) is 0.212. The van der Waals surface area contributed by atoms with Crippen LogP contribution in [-0.4, -0.2) is 44.3 Å². The number of anilines is 1. The maximum Gasteiger partial charge on any atom is 0.264 e. The molecule has 2 amide bonds.